The second-order valence-corrected chi connectivity index (χ2v) is 5.21. The SMILES string of the molecule is O=c1[nH]c(=S)n(CCCN2CCOCC2)c2nc[nH]c12. The Kier molecular flexibility index (Phi) is 3.95. The molecule has 1 saturated heterocycles. The molecule has 0 aliphatic carbocycles. The minimum atomic E-state index is -0.216. The van der Waals surface area contributed by atoms with E-state index in [0.29, 0.717) is 15.9 Å². The molecule has 2 aromatic heterocycles. The van der Waals surface area contributed by atoms with Crippen molar-refractivity contribution in [1.29, 1.82) is 0 Å². The predicted molar refractivity (Wildman–Crippen MR) is 77.4 cm³/mol. The monoisotopic (exact) mass is 295 g/mol. The topological polar surface area (TPSA) is 78.9 Å². The number of hydrogen-bond donors (Lipinski definition) is 2. The average Bonchev–Trinajstić information content (AvgIpc) is 2.93. The van der Waals surface area contributed by atoms with Crippen molar-refractivity contribution in [2.45, 2.75) is 13.0 Å². The summed E-state index contributed by atoms with van der Waals surface area (Å²) >= 11 is 5.22. The molecule has 1 aliphatic rings. The van der Waals surface area contributed by atoms with Gasteiger partial charge in [0.05, 0.1) is 19.5 Å². The first-order valence-corrected chi connectivity index (χ1v) is 7.13. The second-order valence-electron chi connectivity index (χ2n) is 4.82. The van der Waals surface area contributed by atoms with Crippen LogP contribution < -0.4 is 5.56 Å². The lowest BCUT2D eigenvalue weighted by atomic mass is 10.3. The summed E-state index contributed by atoms with van der Waals surface area (Å²) < 4.78 is 7.63. The van der Waals surface area contributed by atoms with Crippen LogP contribution in [0.1, 0.15) is 6.42 Å². The van der Waals surface area contributed by atoms with Gasteiger partial charge in [0.15, 0.2) is 10.4 Å². The molecular formula is C12H17N5O2S. The van der Waals surface area contributed by atoms with E-state index in [9.17, 15) is 4.79 Å². The third-order valence-electron chi connectivity index (χ3n) is 3.53. The van der Waals surface area contributed by atoms with Gasteiger partial charge >= 0.3 is 0 Å². The molecule has 1 fully saturated rings. The molecule has 0 spiro atoms. The normalized spacial score (nSPS) is 16.8. The van der Waals surface area contributed by atoms with Crippen molar-refractivity contribution >= 4 is 23.4 Å². The minimum absolute atomic E-state index is 0.216. The van der Waals surface area contributed by atoms with Crippen molar-refractivity contribution in [3.05, 3.63) is 21.5 Å². The van der Waals surface area contributed by atoms with Gasteiger partial charge in [-0.3, -0.25) is 14.7 Å². The highest BCUT2D eigenvalue weighted by molar-refractivity contribution is 7.71. The van der Waals surface area contributed by atoms with Gasteiger partial charge in [-0.05, 0) is 18.6 Å². The highest BCUT2D eigenvalue weighted by Gasteiger charge is 2.11. The van der Waals surface area contributed by atoms with Crippen LogP contribution in [-0.2, 0) is 11.3 Å². The summed E-state index contributed by atoms with van der Waals surface area (Å²) in [4.78, 5) is 23.8. The third-order valence-corrected chi connectivity index (χ3v) is 3.85. The van der Waals surface area contributed by atoms with Crippen LogP contribution in [0.15, 0.2) is 11.1 Å². The second kappa shape index (κ2) is 5.86. The van der Waals surface area contributed by atoms with Crippen LogP contribution >= 0.6 is 12.2 Å². The molecule has 3 heterocycles. The van der Waals surface area contributed by atoms with Crippen LogP contribution in [0.2, 0.25) is 0 Å². The number of aromatic amines is 2. The van der Waals surface area contributed by atoms with Gasteiger partial charge < -0.3 is 14.3 Å². The average molecular weight is 295 g/mol. The molecule has 2 N–H and O–H groups in total. The Hall–Kier alpha value is -1.51. The molecule has 7 nitrogen and oxygen atoms in total. The molecule has 108 valence electrons. The fraction of sp³-hybridized carbons (Fsp3) is 0.583. The van der Waals surface area contributed by atoms with Gasteiger partial charge in [0.25, 0.3) is 5.56 Å². The molecule has 20 heavy (non-hydrogen) atoms. The fourth-order valence-corrected chi connectivity index (χ4v) is 2.74. The summed E-state index contributed by atoms with van der Waals surface area (Å²) in [6.07, 6.45) is 2.48. The van der Waals surface area contributed by atoms with Crippen LogP contribution in [0.5, 0.6) is 0 Å². The largest absolute Gasteiger partial charge is 0.379 e. The molecule has 0 aromatic carbocycles. The van der Waals surface area contributed by atoms with Crippen LogP contribution in [0.4, 0.5) is 0 Å². The minimum Gasteiger partial charge on any atom is -0.379 e. The van der Waals surface area contributed by atoms with Crippen molar-refractivity contribution in [2.24, 2.45) is 0 Å². The Bertz CT molecular complexity index is 698. The molecule has 0 radical (unpaired) electrons. The lowest BCUT2D eigenvalue weighted by Gasteiger charge is -2.26. The van der Waals surface area contributed by atoms with E-state index in [1.807, 2.05) is 4.57 Å². The molecule has 1 aliphatic heterocycles. The number of ether oxygens (including phenoxy) is 1. The van der Waals surface area contributed by atoms with Crippen molar-refractivity contribution in [1.82, 2.24) is 24.4 Å². The molecule has 0 bridgehead atoms. The number of H-pyrrole nitrogens is 2. The molecule has 0 saturated carbocycles. The van der Waals surface area contributed by atoms with E-state index in [4.69, 9.17) is 17.0 Å². The van der Waals surface area contributed by atoms with Gasteiger partial charge in [-0.25, -0.2) is 4.98 Å². The maximum atomic E-state index is 11.7. The van der Waals surface area contributed by atoms with E-state index in [2.05, 4.69) is 19.9 Å². The molecule has 3 rings (SSSR count). The van der Waals surface area contributed by atoms with Gasteiger partial charge in [0.2, 0.25) is 0 Å². The maximum Gasteiger partial charge on any atom is 0.277 e. The number of hydrogen-bond acceptors (Lipinski definition) is 5. The lowest BCUT2D eigenvalue weighted by molar-refractivity contribution is 0.0369. The van der Waals surface area contributed by atoms with E-state index < -0.39 is 0 Å². The Morgan fingerprint density at radius 2 is 2.15 bits per heavy atom. The molecule has 8 heteroatoms. The van der Waals surface area contributed by atoms with Gasteiger partial charge in [-0.2, -0.15) is 0 Å². The molecule has 2 aromatic rings. The van der Waals surface area contributed by atoms with Gasteiger partial charge in [-0.1, -0.05) is 0 Å². The molecule has 0 amide bonds. The highest BCUT2D eigenvalue weighted by atomic mass is 32.1. The Morgan fingerprint density at radius 3 is 2.95 bits per heavy atom. The highest BCUT2D eigenvalue weighted by Crippen LogP contribution is 2.06. The quantitative estimate of drug-likeness (QED) is 0.803. The van der Waals surface area contributed by atoms with E-state index in [-0.39, 0.29) is 5.56 Å². The zero-order chi connectivity index (χ0) is 13.9. The standard InChI is InChI=1S/C12H17N5O2S/c18-11-9-10(14-8-13-9)17(12(20)15-11)3-1-2-16-4-6-19-7-5-16/h8H,1-7H2,(H,13,14)(H,15,18,20). The van der Waals surface area contributed by atoms with Crippen molar-refractivity contribution in [3.8, 4) is 0 Å². The van der Waals surface area contributed by atoms with E-state index >= 15 is 0 Å². The molecular weight excluding hydrogens is 278 g/mol. The number of nitrogens with one attached hydrogen (secondary N) is 2. The summed E-state index contributed by atoms with van der Waals surface area (Å²) in [7, 11) is 0. The van der Waals surface area contributed by atoms with Gasteiger partial charge in [0.1, 0.15) is 5.52 Å². The first-order chi connectivity index (χ1) is 9.75. The molecule has 0 atom stereocenters. The van der Waals surface area contributed by atoms with Crippen molar-refractivity contribution < 1.29 is 4.74 Å². The smallest absolute Gasteiger partial charge is 0.277 e. The van der Waals surface area contributed by atoms with Gasteiger partial charge in [-0.15, -0.1) is 0 Å². The summed E-state index contributed by atoms with van der Waals surface area (Å²) in [5.41, 5.74) is 0.887. The number of imidazole rings is 1. The maximum absolute atomic E-state index is 11.7. The van der Waals surface area contributed by atoms with Crippen molar-refractivity contribution in [3.63, 3.8) is 0 Å². The van der Waals surface area contributed by atoms with E-state index in [1.165, 1.54) is 6.33 Å². The number of rotatable bonds is 4. The summed E-state index contributed by atoms with van der Waals surface area (Å²) in [6.45, 7) is 5.32. The summed E-state index contributed by atoms with van der Waals surface area (Å²) in [5, 5.41) is 0. The number of aryl methyl sites for hydroxylation is 1. The van der Waals surface area contributed by atoms with Gasteiger partial charge in [0, 0.05) is 26.2 Å². The molecule has 0 unspecified atom stereocenters. The zero-order valence-electron chi connectivity index (χ0n) is 11.1. The zero-order valence-corrected chi connectivity index (χ0v) is 11.9. The van der Waals surface area contributed by atoms with E-state index in [0.717, 1.165) is 45.8 Å². The lowest BCUT2D eigenvalue weighted by Crippen LogP contribution is -2.37. The number of nitrogens with zero attached hydrogens (tertiary/aromatic N) is 3. The number of fused-ring (bicyclic) bond motifs is 1. The summed E-state index contributed by atoms with van der Waals surface area (Å²) in [6, 6.07) is 0. The first kappa shape index (κ1) is 13.5. The summed E-state index contributed by atoms with van der Waals surface area (Å²) in [5.74, 6) is 0. The first-order valence-electron chi connectivity index (χ1n) is 6.72. The Morgan fingerprint density at radius 1 is 1.35 bits per heavy atom. The third kappa shape index (κ3) is 2.67. The van der Waals surface area contributed by atoms with Crippen LogP contribution in [-0.4, -0.2) is 57.3 Å². The number of aromatic nitrogens is 4. The predicted octanol–water partition coefficient (Wildman–Crippen LogP) is 0.504. The van der Waals surface area contributed by atoms with Crippen LogP contribution in [0.25, 0.3) is 11.2 Å². The van der Waals surface area contributed by atoms with E-state index in [1.54, 1.807) is 0 Å². The van der Waals surface area contributed by atoms with Crippen molar-refractivity contribution in [2.75, 3.05) is 32.8 Å². The number of morpholine rings is 1. The van der Waals surface area contributed by atoms with Crippen LogP contribution in [0.3, 0.4) is 0 Å². The Labute approximate surface area is 120 Å². The fourth-order valence-electron chi connectivity index (χ4n) is 2.47. The van der Waals surface area contributed by atoms with Crippen LogP contribution in [0, 0.1) is 4.77 Å². The Balaban J connectivity index is 1.72.